The van der Waals surface area contributed by atoms with E-state index in [1.165, 1.54) is 19.1 Å². The number of hydrogen-bond acceptors (Lipinski definition) is 4. The molecule has 1 amide bonds. The van der Waals surface area contributed by atoms with Gasteiger partial charge in [0.1, 0.15) is 11.9 Å². The van der Waals surface area contributed by atoms with Gasteiger partial charge >= 0.3 is 12.5 Å². The minimum Gasteiger partial charge on any atom is -0.591 e. The van der Waals surface area contributed by atoms with Gasteiger partial charge in [-0.2, -0.15) is 0 Å². The summed E-state index contributed by atoms with van der Waals surface area (Å²) in [7, 11) is 0. The molecule has 0 fully saturated rings. The van der Waals surface area contributed by atoms with Gasteiger partial charge in [0.05, 0.1) is 11.3 Å². The van der Waals surface area contributed by atoms with Gasteiger partial charge in [0.15, 0.2) is 5.70 Å². The molecule has 0 aromatic heterocycles. The van der Waals surface area contributed by atoms with Crippen molar-refractivity contribution < 1.29 is 32.5 Å². The number of halogens is 3. The first-order valence-corrected chi connectivity index (χ1v) is 8.47. The van der Waals surface area contributed by atoms with Gasteiger partial charge in [-0.15, -0.1) is 13.2 Å². The van der Waals surface area contributed by atoms with Gasteiger partial charge in [-0.25, -0.2) is 4.79 Å². The molecule has 9 heteroatoms. The lowest BCUT2D eigenvalue weighted by molar-refractivity contribution is -0.274. The minimum absolute atomic E-state index is 0.116. The van der Waals surface area contributed by atoms with Crippen LogP contribution in [-0.4, -0.2) is 23.3 Å². The summed E-state index contributed by atoms with van der Waals surface area (Å²) in [5.74, 6) is -0.688. The average Bonchev–Trinajstić information content (AvgIpc) is 2.65. The lowest BCUT2D eigenvalue weighted by Crippen LogP contribution is -2.29. The van der Waals surface area contributed by atoms with Gasteiger partial charge in [0.2, 0.25) is 0 Å². The third-order valence-electron chi connectivity index (χ3n) is 3.78. The molecule has 29 heavy (non-hydrogen) atoms. The quantitative estimate of drug-likeness (QED) is 0.418. The second-order valence-electron chi connectivity index (χ2n) is 6.03. The van der Waals surface area contributed by atoms with Gasteiger partial charge in [-0.1, -0.05) is 30.3 Å². The van der Waals surface area contributed by atoms with Crippen molar-refractivity contribution in [3.63, 3.8) is 0 Å². The highest BCUT2D eigenvalue weighted by molar-refractivity contribution is 6.03. The SMILES string of the molecule is CC(=N)/C(NC(=O)OC(C)c1ccccc1)=C(\[OH2+])c1ccc(OC(F)(F)F)cc1. The van der Waals surface area contributed by atoms with Crippen LogP contribution >= 0.6 is 0 Å². The first-order valence-electron chi connectivity index (χ1n) is 8.47. The van der Waals surface area contributed by atoms with Crippen molar-refractivity contribution in [2.75, 3.05) is 0 Å². The van der Waals surface area contributed by atoms with Crippen LogP contribution in [0.3, 0.4) is 0 Å². The molecule has 0 heterocycles. The smallest absolute Gasteiger partial charge is 0.573 e. The van der Waals surface area contributed by atoms with Crippen LogP contribution < -0.4 is 10.1 Å². The Labute approximate surface area is 165 Å². The third kappa shape index (κ3) is 6.56. The molecule has 2 aromatic rings. The number of rotatable bonds is 6. The molecular formula is C20H20F3N2O4+. The predicted octanol–water partition coefficient (Wildman–Crippen LogP) is 4.51. The zero-order valence-corrected chi connectivity index (χ0v) is 15.6. The molecule has 0 bridgehead atoms. The molecule has 0 saturated heterocycles. The number of nitrogens with one attached hydrogen (secondary N) is 2. The first kappa shape index (κ1) is 21.8. The topological polar surface area (TPSA) is 94.3 Å². The molecule has 0 aliphatic carbocycles. The lowest BCUT2D eigenvalue weighted by Gasteiger charge is -2.15. The molecule has 1 atom stereocenters. The van der Waals surface area contributed by atoms with E-state index in [4.69, 9.17) is 15.3 Å². The molecule has 0 saturated carbocycles. The summed E-state index contributed by atoms with van der Waals surface area (Å²) >= 11 is 0. The molecule has 4 N–H and O–H groups in total. The molecule has 6 nitrogen and oxygen atoms in total. The lowest BCUT2D eigenvalue weighted by atomic mass is 10.1. The molecule has 154 valence electrons. The monoisotopic (exact) mass is 409 g/mol. The van der Waals surface area contributed by atoms with Gasteiger partial charge in [0, 0.05) is 0 Å². The minimum atomic E-state index is -4.82. The Bertz CT molecular complexity index is 894. The maximum atomic E-state index is 12.2. The van der Waals surface area contributed by atoms with E-state index in [1.807, 2.05) is 6.07 Å². The molecule has 0 radical (unpaired) electrons. The highest BCUT2D eigenvalue weighted by Crippen LogP contribution is 2.25. The second-order valence-corrected chi connectivity index (χ2v) is 6.03. The summed E-state index contributed by atoms with van der Waals surface area (Å²) < 4.78 is 45.8. The normalized spacial score (nSPS) is 13.1. The van der Waals surface area contributed by atoms with Crippen LogP contribution in [0.1, 0.15) is 31.1 Å². The average molecular weight is 409 g/mol. The van der Waals surface area contributed by atoms with E-state index >= 15 is 0 Å². The third-order valence-corrected chi connectivity index (χ3v) is 3.78. The van der Waals surface area contributed by atoms with E-state index in [0.29, 0.717) is 0 Å². The van der Waals surface area contributed by atoms with Crippen molar-refractivity contribution in [2.24, 2.45) is 0 Å². The highest BCUT2D eigenvalue weighted by atomic mass is 19.4. The number of alkyl carbamates (subject to hydrolysis) is 1. The van der Waals surface area contributed by atoms with Crippen molar-refractivity contribution in [1.29, 1.82) is 5.41 Å². The Balaban J connectivity index is 2.15. The van der Waals surface area contributed by atoms with Crippen LogP contribution in [0.5, 0.6) is 5.75 Å². The van der Waals surface area contributed by atoms with E-state index in [2.05, 4.69) is 10.1 Å². The standard InChI is InChI=1S/C20H19F3N2O4/c1-12(24)17(25-19(27)28-13(2)14-6-4-3-5-7-14)18(26)15-8-10-16(11-9-15)29-20(21,22)23/h3-11,13,24,26H,1-2H3,(H,25,27)/p+1/b18-17+,24-12?. The molecule has 0 aliphatic rings. The summed E-state index contributed by atoms with van der Waals surface area (Å²) in [5, 5.41) is 18.4. The zero-order chi connectivity index (χ0) is 21.6. The van der Waals surface area contributed by atoms with Crippen LogP contribution in [0.15, 0.2) is 60.3 Å². The van der Waals surface area contributed by atoms with Gasteiger partial charge in [-0.3, -0.25) is 5.32 Å². The van der Waals surface area contributed by atoms with E-state index in [1.54, 1.807) is 31.2 Å². The number of amides is 1. The number of allylic oxidation sites excluding steroid dienone is 1. The Hall–Kier alpha value is -3.49. The fourth-order valence-corrected chi connectivity index (χ4v) is 2.40. The first-order chi connectivity index (χ1) is 13.6. The van der Waals surface area contributed by atoms with Gasteiger partial charge < -0.3 is 20.0 Å². The number of hydrogen-bond donors (Lipinski definition) is 2. The highest BCUT2D eigenvalue weighted by Gasteiger charge is 2.31. The molecule has 0 aliphatic heterocycles. The van der Waals surface area contributed by atoms with Crippen molar-refractivity contribution in [3.05, 3.63) is 71.4 Å². The van der Waals surface area contributed by atoms with E-state index in [9.17, 15) is 18.0 Å². The van der Waals surface area contributed by atoms with E-state index in [0.717, 1.165) is 17.7 Å². The van der Waals surface area contributed by atoms with Gasteiger partial charge in [0.25, 0.3) is 5.76 Å². The number of benzene rings is 2. The number of carbonyl (C=O) groups excluding carboxylic acids is 1. The van der Waals surface area contributed by atoms with Crippen LogP contribution in [0.2, 0.25) is 0 Å². The Morgan fingerprint density at radius 3 is 2.21 bits per heavy atom. The van der Waals surface area contributed by atoms with Crippen LogP contribution in [0, 0.1) is 5.41 Å². The number of alkyl halides is 3. The number of ether oxygens (including phenoxy) is 2. The van der Waals surface area contributed by atoms with Crippen molar-refractivity contribution in [2.45, 2.75) is 26.3 Å². The van der Waals surface area contributed by atoms with E-state index < -0.39 is 24.3 Å². The molecule has 1 unspecified atom stereocenters. The molecular weight excluding hydrogens is 389 g/mol. The summed E-state index contributed by atoms with van der Waals surface area (Å²) in [6.07, 6.45) is -6.24. The summed E-state index contributed by atoms with van der Waals surface area (Å²) in [4.78, 5) is 12.2. The maximum absolute atomic E-state index is 12.2. The van der Waals surface area contributed by atoms with Crippen molar-refractivity contribution >= 4 is 17.6 Å². The van der Waals surface area contributed by atoms with Crippen LogP contribution in [0.4, 0.5) is 18.0 Å². The van der Waals surface area contributed by atoms with Crippen LogP contribution in [-0.2, 0) is 4.74 Å². The summed E-state index contributed by atoms with van der Waals surface area (Å²) in [6, 6.07) is 13.6. The van der Waals surface area contributed by atoms with Gasteiger partial charge in [-0.05, 0) is 43.7 Å². The van der Waals surface area contributed by atoms with Crippen molar-refractivity contribution in [3.8, 4) is 5.75 Å². The Morgan fingerprint density at radius 2 is 1.69 bits per heavy atom. The largest absolute Gasteiger partial charge is 0.591 e. The molecule has 2 rings (SSSR count). The predicted molar refractivity (Wildman–Crippen MR) is 102 cm³/mol. The fraction of sp³-hybridized carbons (Fsp3) is 0.200. The summed E-state index contributed by atoms with van der Waals surface area (Å²) in [5.41, 5.74) is 0.721. The Kier molecular flexibility index (Phi) is 6.87. The molecule has 2 aromatic carbocycles. The number of carbonyl (C=O) groups is 1. The molecule has 0 spiro atoms. The van der Waals surface area contributed by atoms with Crippen LogP contribution in [0.25, 0.3) is 5.76 Å². The maximum Gasteiger partial charge on any atom is 0.573 e. The second kappa shape index (κ2) is 9.13. The Morgan fingerprint density at radius 1 is 1.10 bits per heavy atom. The van der Waals surface area contributed by atoms with E-state index in [-0.39, 0.29) is 22.7 Å². The fourth-order valence-electron chi connectivity index (χ4n) is 2.40. The van der Waals surface area contributed by atoms with Crippen molar-refractivity contribution in [1.82, 2.24) is 5.32 Å². The zero-order valence-electron chi connectivity index (χ0n) is 15.6. The summed E-state index contributed by atoms with van der Waals surface area (Å²) in [6.45, 7) is 3.04.